The second-order valence-electron chi connectivity index (χ2n) is 5.83. The molecule has 0 saturated carbocycles. The van der Waals surface area contributed by atoms with Crippen molar-refractivity contribution in [1.29, 1.82) is 0 Å². The average molecular weight is 295 g/mol. The highest BCUT2D eigenvalue weighted by Crippen LogP contribution is 2.34. The van der Waals surface area contributed by atoms with Crippen LogP contribution >= 0.6 is 0 Å². The van der Waals surface area contributed by atoms with E-state index in [0.29, 0.717) is 13.2 Å². The lowest BCUT2D eigenvalue weighted by Gasteiger charge is -2.38. The van der Waals surface area contributed by atoms with Gasteiger partial charge in [0.2, 0.25) is 0 Å². The molecule has 0 amide bonds. The van der Waals surface area contributed by atoms with Crippen molar-refractivity contribution in [2.75, 3.05) is 31.2 Å². The molecule has 2 saturated heterocycles. The van der Waals surface area contributed by atoms with E-state index in [9.17, 15) is 4.79 Å². The Balaban J connectivity index is 1.79. The van der Waals surface area contributed by atoms with Crippen molar-refractivity contribution in [1.82, 2.24) is 9.78 Å². The Bertz CT molecular complexity index is 524. The van der Waals surface area contributed by atoms with Crippen molar-refractivity contribution >= 4 is 11.8 Å². The van der Waals surface area contributed by atoms with E-state index in [2.05, 4.69) is 10.00 Å². The van der Waals surface area contributed by atoms with Gasteiger partial charge in [-0.05, 0) is 13.8 Å². The Morgan fingerprint density at radius 3 is 2.48 bits per heavy atom. The van der Waals surface area contributed by atoms with E-state index in [1.165, 1.54) is 0 Å². The molecule has 0 atom stereocenters. The highest BCUT2D eigenvalue weighted by Gasteiger charge is 2.40. The number of aromatic nitrogens is 2. The third kappa shape index (κ3) is 2.63. The summed E-state index contributed by atoms with van der Waals surface area (Å²) >= 11 is 0. The van der Waals surface area contributed by atoms with E-state index in [1.807, 2.05) is 13.8 Å². The number of carboxylic acids is 1. The first-order chi connectivity index (χ1) is 10.0. The van der Waals surface area contributed by atoms with E-state index >= 15 is 0 Å². The summed E-state index contributed by atoms with van der Waals surface area (Å²) < 4.78 is 13.2. The predicted molar refractivity (Wildman–Crippen MR) is 75.7 cm³/mol. The summed E-state index contributed by atoms with van der Waals surface area (Å²) in [6, 6.07) is 1.76. The molecule has 1 aromatic rings. The van der Waals surface area contributed by atoms with Gasteiger partial charge in [-0.3, -0.25) is 0 Å². The Labute approximate surface area is 123 Å². The maximum absolute atomic E-state index is 11.1. The van der Waals surface area contributed by atoms with Gasteiger partial charge in [0.25, 0.3) is 0 Å². The van der Waals surface area contributed by atoms with Gasteiger partial charge < -0.3 is 19.5 Å². The second-order valence-corrected chi connectivity index (χ2v) is 5.83. The number of carbonyl (C=O) groups is 1. The number of anilines is 1. The number of hydrogen-bond donors (Lipinski definition) is 1. The zero-order valence-electron chi connectivity index (χ0n) is 12.4. The zero-order valence-corrected chi connectivity index (χ0v) is 12.4. The van der Waals surface area contributed by atoms with E-state index < -0.39 is 11.8 Å². The Morgan fingerprint density at radius 1 is 1.33 bits per heavy atom. The van der Waals surface area contributed by atoms with Gasteiger partial charge in [0, 0.05) is 38.0 Å². The molecular formula is C14H21N3O4. The zero-order chi connectivity index (χ0) is 15.0. The van der Waals surface area contributed by atoms with Gasteiger partial charge in [-0.25, -0.2) is 9.48 Å². The summed E-state index contributed by atoms with van der Waals surface area (Å²) in [7, 11) is 0. The molecule has 3 rings (SSSR count). The fourth-order valence-corrected chi connectivity index (χ4v) is 2.97. The molecule has 21 heavy (non-hydrogen) atoms. The van der Waals surface area contributed by atoms with Gasteiger partial charge in [-0.2, -0.15) is 5.10 Å². The van der Waals surface area contributed by atoms with E-state index in [4.69, 9.17) is 14.6 Å². The summed E-state index contributed by atoms with van der Waals surface area (Å²) in [5.74, 6) is -0.559. The van der Waals surface area contributed by atoms with E-state index in [1.54, 1.807) is 10.7 Å². The topological polar surface area (TPSA) is 76.8 Å². The maximum atomic E-state index is 11.1. The number of ether oxygens (including phenoxy) is 2. The van der Waals surface area contributed by atoms with Crippen LogP contribution in [0.2, 0.25) is 0 Å². The molecule has 116 valence electrons. The first kappa shape index (κ1) is 14.3. The molecule has 1 spiro atoms. The van der Waals surface area contributed by atoms with Crippen LogP contribution in [0.4, 0.5) is 5.82 Å². The molecule has 1 N–H and O–H groups in total. The van der Waals surface area contributed by atoms with Crippen LogP contribution in [0.15, 0.2) is 6.07 Å². The largest absolute Gasteiger partial charge is 0.476 e. The van der Waals surface area contributed by atoms with Gasteiger partial charge in [0.1, 0.15) is 5.82 Å². The van der Waals surface area contributed by atoms with Crippen molar-refractivity contribution in [3.63, 3.8) is 0 Å². The fraction of sp³-hybridized carbons (Fsp3) is 0.714. The number of nitrogens with zero attached hydrogens (tertiary/aromatic N) is 3. The van der Waals surface area contributed by atoms with Crippen molar-refractivity contribution < 1.29 is 19.4 Å². The van der Waals surface area contributed by atoms with E-state index in [-0.39, 0.29) is 11.7 Å². The van der Waals surface area contributed by atoms with Crippen LogP contribution in [0.3, 0.4) is 0 Å². The molecule has 2 fully saturated rings. The SMILES string of the molecule is CC(C)n1nc(C(=O)O)cc1N1CCC2(CC1)OCCO2. The molecular weight excluding hydrogens is 274 g/mol. The van der Waals surface area contributed by atoms with Crippen LogP contribution in [-0.2, 0) is 9.47 Å². The smallest absolute Gasteiger partial charge is 0.356 e. The van der Waals surface area contributed by atoms with Crippen LogP contribution in [0, 0.1) is 0 Å². The Morgan fingerprint density at radius 2 is 1.95 bits per heavy atom. The number of piperidine rings is 1. The lowest BCUT2D eigenvalue weighted by molar-refractivity contribution is -0.169. The minimum absolute atomic E-state index is 0.0901. The summed E-state index contributed by atoms with van der Waals surface area (Å²) in [6.45, 7) is 6.86. The van der Waals surface area contributed by atoms with Crippen LogP contribution in [0.5, 0.6) is 0 Å². The lowest BCUT2D eigenvalue weighted by Crippen LogP contribution is -2.45. The molecule has 0 radical (unpaired) electrons. The minimum Gasteiger partial charge on any atom is -0.476 e. The van der Waals surface area contributed by atoms with Crippen LogP contribution in [-0.4, -0.2) is 52.9 Å². The van der Waals surface area contributed by atoms with Gasteiger partial charge in [0.15, 0.2) is 11.5 Å². The monoisotopic (exact) mass is 295 g/mol. The molecule has 3 heterocycles. The first-order valence-corrected chi connectivity index (χ1v) is 7.36. The number of aromatic carboxylic acids is 1. The van der Waals surface area contributed by atoms with Crippen LogP contribution in [0.1, 0.15) is 43.2 Å². The quantitative estimate of drug-likeness (QED) is 0.910. The van der Waals surface area contributed by atoms with Gasteiger partial charge in [0.05, 0.1) is 13.2 Å². The van der Waals surface area contributed by atoms with Gasteiger partial charge in [-0.1, -0.05) is 0 Å². The van der Waals surface area contributed by atoms with Crippen LogP contribution < -0.4 is 4.90 Å². The third-order valence-corrected chi connectivity index (χ3v) is 4.09. The number of hydrogen-bond acceptors (Lipinski definition) is 5. The summed E-state index contributed by atoms with van der Waals surface area (Å²) in [5.41, 5.74) is 0.0901. The van der Waals surface area contributed by atoms with Gasteiger partial charge >= 0.3 is 5.97 Å². The maximum Gasteiger partial charge on any atom is 0.356 e. The van der Waals surface area contributed by atoms with Crippen LogP contribution in [0.25, 0.3) is 0 Å². The Kier molecular flexibility index (Phi) is 3.62. The summed E-state index contributed by atoms with van der Waals surface area (Å²) in [4.78, 5) is 13.3. The molecule has 7 heteroatoms. The normalized spacial score (nSPS) is 21.4. The third-order valence-electron chi connectivity index (χ3n) is 4.09. The molecule has 0 aromatic carbocycles. The number of carboxylic acid groups (broad SMARTS) is 1. The van der Waals surface area contributed by atoms with Crippen molar-refractivity contribution in [2.24, 2.45) is 0 Å². The Hall–Kier alpha value is -1.60. The highest BCUT2D eigenvalue weighted by molar-refractivity contribution is 5.86. The standard InChI is InChI=1S/C14H21N3O4/c1-10(2)17-12(9-11(15-17)13(18)19)16-5-3-14(4-6-16)20-7-8-21-14/h9-10H,3-8H2,1-2H3,(H,18,19). The molecule has 0 bridgehead atoms. The molecule has 2 aliphatic heterocycles. The molecule has 0 aliphatic carbocycles. The van der Waals surface area contributed by atoms with E-state index in [0.717, 1.165) is 31.7 Å². The summed E-state index contributed by atoms with van der Waals surface area (Å²) in [6.07, 6.45) is 1.58. The minimum atomic E-state index is -0.994. The lowest BCUT2D eigenvalue weighted by atomic mass is 10.0. The molecule has 1 aromatic heterocycles. The van der Waals surface area contributed by atoms with Gasteiger partial charge in [-0.15, -0.1) is 0 Å². The number of rotatable bonds is 3. The van der Waals surface area contributed by atoms with Crippen molar-refractivity contribution in [2.45, 2.75) is 38.5 Å². The first-order valence-electron chi connectivity index (χ1n) is 7.36. The molecule has 7 nitrogen and oxygen atoms in total. The van der Waals surface area contributed by atoms with Crippen molar-refractivity contribution in [3.8, 4) is 0 Å². The fourth-order valence-electron chi connectivity index (χ4n) is 2.97. The predicted octanol–water partition coefficient (Wildman–Crippen LogP) is 1.51. The average Bonchev–Trinajstić information content (AvgIpc) is 3.07. The molecule has 0 unspecified atom stereocenters. The summed E-state index contributed by atoms with van der Waals surface area (Å²) in [5, 5.41) is 13.3. The van der Waals surface area contributed by atoms with Crippen molar-refractivity contribution in [3.05, 3.63) is 11.8 Å². The highest BCUT2D eigenvalue weighted by atomic mass is 16.7. The second kappa shape index (κ2) is 5.31. The molecule has 2 aliphatic rings.